The number of ether oxygens (including phenoxy) is 2. The predicted octanol–water partition coefficient (Wildman–Crippen LogP) is 1.47. The van der Waals surface area contributed by atoms with E-state index in [1.807, 2.05) is 0 Å². The molecule has 0 radical (unpaired) electrons. The van der Waals surface area contributed by atoms with Gasteiger partial charge in [0.2, 0.25) is 5.75 Å². The van der Waals surface area contributed by atoms with Crippen LogP contribution in [0, 0.1) is 0 Å². The zero-order valence-corrected chi connectivity index (χ0v) is 12.0. The molecule has 5 nitrogen and oxygen atoms in total. The van der Waals surface area contributed by atoms with Gasteiger partial charge in [0.05, 0.1) is 19.2 Å². The molecule has 0 aromatic heterocycles. The second-order valence-corrected chi connectivity index (χ2v) is 4.85. The number of aromatic hydroxyl groups is 1. The average molecular weight is 287 g/mol. The van der Waals surface area contributed by atoms with Crippen LogP contribution in [0.4, 0.5) is 0 Å². The van der Waals surface area contributed by atoms with E-state index in [9.17, 15) is 5.11 Å². The summed E-state index contributed by atoms with van der Waals surface area (Å²) < 4.78 is 10.3. The number of halogens is 1. The number of benzene rings is 1. The molecule has 1 heterocycles. The molecule has 1 aromatic carbocycles. The lowest BCUT2D eigenvalue weighted by molar-refractivity contribution is 0.229. The van der Waals surface area contributed by atoms with Crippen molar-refractivity contribution in [3.05, 3.63) is 16.7 Å². The number of phenolic OH excluding ortho intramolecular Hbond substituents is 1. The summed E-state index contributed by atoms with van der Waals surface area (Å²) in [5.74, 6) is 0.830. The van der Waals surface area contributed by atoms with Gasteiger partial charge in [-0.05, 0) is 0 Å². The van der Waals surface area contributed by atoms with E-state index in [0.717, 1.165) is 26.2 Å². The van der Waals surface area contributed by atoms with E-state index in [-0.39, 0.29) is 5.75 Å². The summed E-state index contributed by atoms with van der Waals surface area (Å²) >= 11 is 6.22. The summed E-state index contributed by atoms with van der Waals surface area (Å²) in [6.07, 6.45) is 0. The van der Waals surface area contributed by atoms with Crippen LogP contribution in [0.3, 0.4) is 0 Å². The van der Waals surface area contributed by atoms with Crippen molar-refractivity contribution in [2.24, 2.45) is 0 Å². The Balaban J connectivity index is 2.28. The Morgan fingerprint density at radius 1 is 1.32 bits per heavy atom. The summed E-state index contributed by atoms with van der Waals surface area (Å²) in [6.45, 7) is 4.37. The Bertz CT molecular complexity index is 448. The van der Waals surface area contributed by atoms with Gasteiger partial charge in [-0.2, -0.15) is 0 Å². The maximum absolute atomic E-state index is 10.3. The highest BCUT2D eigenvalue weighted by Crippen LogP contribution is 2.43. The smallest absolute Gasteiger partial charge is 0.203 e. The quantitative estimate of drug-likeness (QED) is 0.878. The van der Waals surface area contributed by atoms with Gasteiger partial charge in [-0.25, -0.2) is 0 Å². The van der Waals surface area contributed by atoms with E-state index in [1.165, 1.54) is 14.2 Å². The first-order valence-corrected chi connectivity index (χ1v) is 6.60. The number of methoxy groups -OCH3 is 2. The minimum atomic E-state index is 0.0605. The van der Waals surface area contributed by atoms with E-state index < -0.39 is 0 Å². The Morgan fingerprint density at radius 3 is 2.58 bits per heavy atom. The third kappa shape index (κ3) is 3.05. The number of phenols is 1. The van der Waals surface area contributed by atoms with Crippen molar-refractivity contribution in [2.75, 3.05) is 40.4 Å². The molecule has 2 N–H and O–H groups in total. The Kier molecular flexibility index (Phi) is 4.74. The van der Waals surface area contributed by atoms with E-state index in [4.69, 9.17) is 21.1 Å². The molecule has 0 saturated carbocycles. The molecule has 1 aliphatic rings. The van der Waals surface area contributed by atoms with Crippen LogP contribution in [0.25, 0.3) is 0 Å². The van der Waals surface area contributed by atoms with Gasteiger partial charge in [0, 0.05) is 44.4 Å². The Morgan fingerprint density at radius 2 is 2.00 bits per heavy atom. The van der Waals surface area contributed by atoms with Gasteiger partial charge in [-0.3, -0.25) is 4.90 Å². The zero-order chi connectivity index (χ0) is 13.8. The van der Waals surface area contributed by atoms with Crippen LogP contribution in [0.2, 0.25) is 5.02 Å². The van der Waals surface area contributed by atoms with Gasteiger partial charge >= 0.3 is 0 Å². The second-order valence-electron chi connectivity index (χ2n) is 4.45. The average Bonchev–Trinajstić information content (AvgIpc) is 2.44. The van der Waals surface area contributed by atoms with Gasteiger partial charge in [0.15, 0.2) is 11.5 Å². The fourth-order valence-electron chi connectivity index (χ4n) is 2.23. The first-order valence-electron chi connectivity index (χ1n) is 6.22. The molecule has 106 valence electrons. The van der Waals surface area contributed by atoms with E-state index in [0.29, 0.717) is 28.6 Å². The molecule has 0 atom stereocenters. The molecule has 0 aliphatic carbocycles. The van der Waals surface area contributed by atoms with Gasteiger partial charge in [0.1, 0.15) is 0 Å². The molecular formula is C13H19ClN2O3. The van der Waals surface area contributed by atoms with Gasteiger partial charge in [-0.1, -0.05) is 11.6 Å². The summed E-state index contributed by atoms with van der Waals surface area (Å²) in [6, 6.07) is 1.68. The maximum Gasteiger partial charge on any atom is 0.203 e. The lowest BCUT2D eigenvalue weighted by Gasteiger charge is -2.28. The van der Waals surface area contributed by atoms with Crippen molar-refractivity contribution in [1.82, 2.24) is 10.2 Å². The van der Waals surface area contributed by atoms with Crippen LogP contribution in [-0.4, -0.2) is 50.4 Å². The lowest BCUT2D eigenvalue weighted by atomic mass is 10.1. The molecule has 0 spiro atoms. The second kappa shape index (κ2) is 6.32. The van der Waals surface area contributed by atoms with Crippen LogP contribution in [-0.2, 0) is 6.54 Å². The largest absolute Gasteiger partial charge is 0.504 e. The van der Waals surface area contributed by atoms with Crippen molar-refractivity contribution < 1.29 is 14.6 Å². The molecule has 1 fully saturated rings. The summed E-state index contributed by atoms with van der Waals surface area (Å²) in [5.41, 5.74) is 0.682. The number of nitrogens with one attached hydrogen (secondary N) is 1. The topological polar surface area (TPSA) is 54.0 Å². The van der Waals surface area contributed by atoms with Crippen LogP contribution >= 0.6 is 11.6 Å². The van der Waals surface area contributed by atoms with Gasteiger partial charge < -0.3 is 19.9 Å². The first kappa shape index (κ1) is 14.2. The van der Waals surface area contributed by atoms with Crippen molar-refractivity contribution in [1.29, 1.82) is 0 Å². The van der Waals surface area contributed by atoms with Crippen molar-refractivity contribution >= 4 is 11.6 Å². The minimum Gasteiger partial charge on any atom is -0.504 e. The van der Waals surface area contributed by atoms with Gasteiger partial charge in [0.25, 0.3) is 0 Å². The summed E-state index contributed by atoms with van der Waals surface area (Å²) in [7, 11) is 3.02. The fraction of sp³-hybridized carbons (Fsp3) is 0.538. The third-order valence-electron chi connectivity index (χ3n) is 3.29. The molecule has 19 heavy (non-hydrogen) atoms. The van der Waals surface area contributed by atoms with Crippen LogP contribution in [0.15, 0.2) is 6.07 Å². The highest BCUT2D eigenvalue weighted by atomic mass is 35.5. The summed E-state index contributed by atoms with van der Waals surface area (Å²) in [4.78, 5) is 2.24. The first-order chi connectivity index (χ1) is 9.17. The molecule has 0 unspecified atom stereocenters. The lowest BCUT2D eigenvalue weighted by Crippen LogP contribution is -2.42. The Labute approximate surface area is 118 Å². The molecule has 2 rings (SSSR count). The molecule has 1 aromatic rings. The number of piperazine rings is 1. The molecular weight excluding hydrogens is 268 g/mol. The third-order valence-corrected chi connectivity index (χ3v) is 3.62. The molecule has 0 amide bonds. The van der Waals surface area contributed by atoms with Crippen LogP contribution < -0.4 is 14.8 Å². The molecule has 6 heteroatoms. The van der Waals surface area contributed by atoms with E-state index in [1.54, 1.807) is 6.07 Å². The number of nitrogens with zero attached hydrogens (tertiary/aromatic N) is 1. The van der Waals surface area contributed by atoms with Gasteiger partial charge in [-0.15, -0.1) is 0 Å². The number of hydrogen-bond acceptors (Lipinski definition) is 5. The van der Waals surface area contributed by atoms with Crippen LogP contribution in [0.5, 0.6) is 17.2 Å². The van der Waals surface area contributed by atoms with Crippen LogP contribution in [0.1, 0.15) is 5.56 Å². The molecule has 0 bridgehead atoms. The Hall–Kier alpha value is -1.17. The molecule has 1 aliphatic heterocycles. The number of hydrogen-bond donors (Lipinski definition) is 2. The van der Waals surface area contributed by atoms with Crippen molar-refractivity contribution in [2.45, 2.75) is 6.54 Å². The monoisotopic (exact) mass is 286 g/mol. The maximum atomic E-state index is 10.3. The normalized spacial score (nSPS) is 16.4. The fourth-order valence-corrected chi connectivity index (χ4v) is 2.48. The highest BCUT2D eigenvalue weighted by Gasteiger charge is 2.21. The van der Waals surface area contributed by atoms with E-state index >= 15 is 0 Å². The van der Waals surface area contributed by atoms with Crippen molar-refractivity contribution in [3.8, 4) is 17.2 Å². The highest BCUT2D eigenvalue weighted by molar-refractivity contribution is 6.31. The summed E-state index contributed by atoms with van der Waals surface area (Å²) in [5, 5.41) is 14.1. The van der Waals surface area contributed by atoms with E-state index in [2.05, 4.69) is 10.2 Å². The standard InChI is InChI=1S/C13H19ClN2O3/c1-18-11-7-10(14)9(12(17)13(11)19-2)8-16-5-3-15-4-6-16/h7,15,17H,3-6,8H2,1-2H3. The number of rotatable bonds is 4. The van der Waals surface area contributed by atoms with Crippen molar-refractivity contribution in [3.63, 3.8) is 0 Å². The minimum absolute atomic E-state index is 0.0605. The predicted molar refractivity (Wildman–Crippen MR) is 74.4 cm³/mol. The molecule has 1 saturated heterocycles. The zero-order valence-electron chi connectivity index (χ0n) is 11.2. The SMILES string of the molecule is COc1cc(Cl)c(CN2CCNCC2)c(O)c1OC.